The van der Waals surface area contributed by atoms with Gasteiger partial charge in [-0.05, 0) is 50.6 Å². The molecule has 1 aromatic carbocycles. The Balaban J connectivity index is 2.82. The second kappa shape index (κ2) is 8.39. The van der Waals surface area contributed by atoms with E-state index in [1.54, 1.807) is 0 Å². The van der Waals surface area contributed by atoms with Gasteiger partial charge < -0.3 is 5.32 Å². The van der Waals surface area contributed by atoms with Gasteiger partial charge in [-0.1, -0.05) is 30.7 Å². The van der Waals surface area contributed by atoms with Crippen LogP contribution in [0, 0.1) is 0 Å². The fourth-order valence-corrected chi connectivity index (χ4v) is 2.69. The SMILES string of the molecule is C=C(C)CCC(NCCC)c1ccccc1SC. The molecule has 0 aliphatic carbocycles. The van der Waals surface area contributed by atoms with Crippen molar-refractivity contribution >= 4 is 11.8 Å². The van der Waals surface area contributed by atoms with E-state index in [2.05, 4.69) is 56.3 Å². The van der Waals surface area contributed by atoms with Crippen molar-refractivity contribution in [2.24, 2.45) is 0 Å². The molecule has 1 aromatic rings. The molecule has 1 nitrogen and oxygen atoms in total. The summed E-state index contributed by atoms with van der Waals surface area (Å²) in [6, 6.07) is 9.16. The first-order valence-corrected chi connectivity index (χ1v) is 7.92. The van der Waals surface area contributed by atoms with Crippen molar-refractivity contribution < 1.29 is 0 Å². The largest absolute Gasteiger partial charge is 0.310 e. The second-order valence-electron chi connectivity index (χ2n) is 4.74. The number of nitrogens with one attached hydrogen (secondary N) is 1. The highest BCUT2D eigenvalue weighted by molar-refractivity contribution is 7.98. The van der Waals surface area contributed by atoms with Crippen LogP contribution in [0.5, 0.6) is 0 Å². The number of allylic oxidation sites excluding steroid dienone is 1. The normalized spacial score (nSPS) is 12.4. The van der Waals surface area contributed by atoms with Crippen LogP contribution >= 0.6 is 11.8 Å². The third-order valence-electron chi connectivity index (χ3n) is 3.01. The molecule has 0 bridgehead atoms. The molecule has 2 heteroatoms. The van der Waals surface area contributed by atoms with E-state index >= 15 is 0 Å². The molecule has 0 aliphatic rings. The maximum absolute atomic E-state index is 4.01. The van der Waals surface area contributed by atoms with Crippen LogP contribution in [0.25, 0.3) is 0 Å². The zero-order valence-electron chi connectivity index (χ0n) is 11.8. The summed E-state index contributed by atoms with van der Waals surface area (Å²) >= 11 is 1.83. The minimum atomic E-state index is 0.449. The van der Waals surface area contributed by atoms with Gasteiger partial charge in [-0.15, -0.1) is 18.3 Å². The topological polar surface area (TPSA) is 12.0 Å². The second-order valence-corrected chi connectivity index (χ2v) is 5.59. The summed E-state index contributed by atoms with van der Waals surface area (Å²) in [4.78, 5) is 1.38. The number of hydrogen-bond acceptors (Lipinski definition) is 2. The van der Waals surface area contributed by atoms with Gasteiger partial charge in [0.15, 0.2) is 0 Å². The zero-order valence-corrected chi connectivity index (χ0v) is 12.6. The molecule has 1 atom stereocenters. The number of benzene rings is 1. The molecule has 1 unspecified atom stereocenters. The van der Waals surface area contributed by atoms with Gasteiger partial charge >= 0.3 is 0 Å². The van der Waals surface area contributed by atoms with E-state index in [1.165, 1.54) is 22.5 Å². The third-order valence-corrected chi connectivity index (χ3v) is 3.83. The molecule has 1 rings (SSSR count). The standard InChI is InChI=1S/C16H25NS/c1-5-12-17-15(11-10-13(2)3)14-8-6-7-9-16(14)18-4/h6-9,15,17H,2,5,10-12H2,1,3-4H3. The maximum atomic E-state index is 4.01. The van der Waals surface area contributed by atoms with Gasteiger partial charge in [-0.3, -0.25) is 0 Å². The van der Waals surface area contributed by atoms with E-state index in [0.717, 1.165) is 19.4 Å². The van der Waals surface area contributed by atoms with E-state index in [9.17, 15) is 0 Å². The Hall–Kier alpha value is -0.730. The third kappa shape index (κ3) is 4.87. The number of rotatable bonds is 8. The highest BCUT2D eigenvalue weighted by Crippen LogP contribution is 2.29. The van der Waals surface area contributed by atoms with Crippen molar-refractivity contribution in [2.75, 3.05) is 12.8 Å². The Morgan fingerprint density at radius 2 is 2.11 bits per heavy atom. The van der Waals surface area contributed by atoms with Crippen molar-refractivity contribution in [3.63, 3.8) is 0 Å². The fraction of sp³-hybridized carbons (Fsp3) is 0.500. The summed E-state index contributed by atoms with van der Waals surface area (Å²) in [6.07, 6.45) is 5.54. The molecular weight excluding hydrogens is 238 g/mol. The lowest BCUT2D eigenvalue weighted by atomic mass is 9.99. The molecule has 0 aromatic heterocycles. The van der Waals surface area contributed by atoms with Gasteiger partial charge in [-0.2, -0.15) is 0 Å². The molecule has 0 amide bonds. The van der Waals surface area contributed by atoms with E-state index in [4.69, 9.17) is 0 Å². The smallest absolute Gasteiger partial charge is 0.0334 e. The first kappa shape index (κ1) is 15.3. The molecule has 0 aliphatic heterocycles. The van der Waals surface area contributed by atoms with E-state index in [1.807, 2.05) is 11.8 Å². The van der Waals surface area contributed by atoms with Crippen LogP contribution in [-0.2, 0) is 0 Å². The van der Waals surface area contributed by atoms with Crippen LogP contribution in [0.2, 0.25) is 0 Å². The Morgan fingerprint density at radius 3 is 2.72 bits per heavy atom. The first-order chi connectivity index (χ1) is 8.69. The number of hydrogen-bond donors (Lipinski definition) is 1. The summed E-state index contributed by atoms with van der Waals surface area (Å²) in [6.45, 7) is 9.40. The Bertz CT molecular complexity index is 373. The minimum absolute atomic E-state index is 0.449. The van der Waals surface area contributed by atoms with Crippen molar-refractivity contribution in [2.45, 2.75) is 44.0 Å². The van der Waals surface area contributed by atoms with Crippen molar-refractivity contribution in [3.8, 4) is 0 Å². The summed E-state index contributed by atoms with van der Waals surface area (Å²) in [7, 11) is 0. The molecule has 0 heterocycles. The Morgan fingerprint density at radius 1 is 1.39 bits per heavy atom. The van der Waals surface area contributed by atoms with Gasteiger partial charge in [0.1, 0.15) is 0 Å². The monoisotopic (exact) mass is 263 g/mol. The molecule has 0 saturated carbocycles. The van der Waals surface area contributed by atoms with Gasteiger partial charge in [0.2, 0.25) is 0 Å². The van der Waals surface area contributed by atoms with Gasteiger partial charge in [0, 0.05) is 10.9 Å². The minimum Gasteiger partial charge on any atom is -0.310 e. The summed E-state index contributed by atoms with van der Waals surface area (Å²) in [5, 5.41) is 3.66. The maximum Gasteiger partial charge on any atom is 0.0334 e. The van der Waals surface area contributed by atoms with Crippen LogP contribution in [0.15, 0.2) is 41.3 Å². The van der Waals surface area contributed by atoms with Crippen molar-refractivity contribution in [1.82, 2.24) is 5.32 Å². The molecule has 0 saturated heterocycles. The number of thioether (sulfide) groups is 1. The quantitative estimate of drug-likeness (QED) is 0.534. The van der Waals surface area contributed by atoms with Gasteiger partial charge in [0.25, 0.3) is 0 Å². The molecule has 100 valence electrons. The van der Waals surface area contributed by atoms with E-state index < -0.39 is 0 Å². The van der Waals surface area contributed by atoms with Crippen molar-refractivity contribution in [3.05, 3.63) is 42.0 Å². The molecule has 1 N–H and O–H groups in total. The Labute approximate surface area is 116 Å². The predicted octanol–water partition coefficient (Wildman–Crippen LogP) is 4.81. The summed E-state index contributed by atoms with van der Waals surface area (Å²) in [5.41, 5.74) is 2.69. The van der Waals surface area contributed by atoms with Crippen LogP contribution in [0.3, 0.4) is 0 Å². The predicted molar refractivity (Wildman–Crippen MR) is 83.3 cm³/mol. The summed E-state index contributed by atoms with van der Waals surface area (Å²) < 4.78 is 0. The fourth-order valence-electron chi connectivity index (χ4n) is 2.03. The molecule has 18 heavy (non-hydrogen) atoms. The van der Waals surface area contributed by atoms with Crippen LogP contribution < -0.4 is 5.32 Å². The highest BCUT2D eigenvalue weighted by Gasteiger charge is 2.13. The Kier molecular flexibility index (Phi) is 7.14. The lowest BCUT2D eigenvalue weighted by Gasteiger charge is -2.21. The zero-order chi connectivity index (χ0) is 13.4. The molecule has 0 fully saturated rings. The van der Waals surface area contributed by atoms with E-state index in [-0.39, 0.29) is 0 Å². The average molecular weight is 263 g/mol. The molecule has 0 spiro atoms. The average Bonchev–Trinajstić information content (AvgIpc) is 2.38. The first-order valence-electron chi connectivity index (χ1n) is 6.69. The molecule has 0 radical (unpaired) electrons. The van der Waals surface area contributed by atoms with Gasteiger partial charge in [0.05, 0.1) is 0 Å². The van der Waals surface area contributed by atoms with Gasteiger partial charge in [-0.25, -0.2) is 0 Å². The van der Waals surface area contributed by atoms with Crippen LogP contribution in [0.4, 0.5) is 0 Å². The van der Waals surface area contributed by atoms with Crippen LogP contribution in [-0.4, -0.2) is 12.8 Å². The molecular formula is C16H25NS. The summed E-state index contributed by atoms with van der Waals surface area (Å²) in [5.74, 6) is 0. The lowest BCUT2D eigenvalue weighted by molar-refractivity contribution is 0.493. The van der Waals surface area contributed by atoms with Crippen LogP contribution in [0.1, 0.15) is 44.7 Å². The lowest BCUT2D eigenvalue weighted by Crippen LogP contribution is -2.22. The van der Waals surface area contributed by atoms with E-state index in [0.29, 0.717) is 6.04 Å². The van der Waals surface area contributed by atoms with Crippen molar-refractivity contribution in [1.29, 1.82) is 0 Å². The highest BCUT2D eigenvalue weighted by atomic mass is 32.2.